The van der Waals surface area contributed by atoms with E-state index in [9.17, 15) is 9.59 Å². The van der Waals surface area contributed by atoms with Crippen LogP contribution in [-0.2, 0) is 17.8 Å². The average Bonchev–Trinajstić information content (AvgIpc) is 2.68. The van der Waals surface area contributed by atoms with Gasteiger partial charge in [0.2, 0.25) is 5.91 Å². The second kappa shape index (κ2) is 7.37. The van der Waals surface area contributed by atoms with E-state index in [1.54, 1.807) is 34.9 Å². The molecule has 0 saturated carbocycles. The molecule has 0 radical (unpaired) electrons. The summed E-state index contributed by atoms with van der Waals surface area (Å²) in [5.41, 5.74) is 1.95. The largest absolute Gasteiger partial charge is 0.322 e. The second-order valence-corrected chi connectivity index (χ2v) is 6.93. The Balaban J connectivity index is 1.59. The first-order valence-electron chi connectivity index (χ1n) is 8.89. The van der Waals surface area contributed by atoms with Crippen molar-refractivity contribution in [1.82, 2.24) is 9.55 Å². The summed E-state index contributed by atoms with van der Waals surface area (Å²) in [6.07, 6.45) is 5.96. The van der Waals surface area contributed by atoms with E-state index in [2.05, 4.69) is 10.3 Å². The fourth-order valence-corrected chi connectivity index (χ4v) is 3.48. The van der Waals surface area contributed by atoms with E-state index >= 15 is 0 Å². The highest BCUT2D eigenvalue weighted by molar-refractivity contribution is 6.32. The Morgan fingerprint density at radius 1 is 1.19 bits per heavy atom. The van der Waals surface area contributed by atoms with Gasteiger partial charge in [-0.15, -0.1) is 0 Å². The lowest BCUT2D eigenvalue weighted by molar-refractivity contribution is -0.111. The van der Waals surface area contributed by atoms with Crippen molar-refractivity contribution in [2.24, 2.45) is 0 Å². The minimum atomic E-state index is -0.291. The fraction of sp³-hybridized carbons (Fsp3) is 0.190. The number of nitrogens with one attached hydrogen (secondary N) is 1. The molecule has 1 amide bonds. The molecular weight excluding hydrogens is 362 g/mol. The minimum absolute atomic E-state index is 0.0441. The molecule has 2 heterocycles. The molecule has 0 aliphatic carbocycles. The highest BCUT2D eigenvalue weighted by Gasteiger charge is 2.15. The van der Waals surface area contributed by atoms with Gasteiger partial charge in [-0.2, -0.15) is 0 Å². The molecule has 4 rings (SSSR count). The van der Waals surface area contributed by atoms with Crippen molar-refractivity contribution in [3.05, 3.63) is 75.3 Å². The lowest BCUT2D eigenvalue weighted by atomic mass is 10.1. The van der Waals surface area contributed by atoms with Gasteiger partial charge in [0.1, 0.15) is 5.82 Å². The monoisotopic (exact) mass is 379 g/mol. The van der Waals surface area contributed by atoms with Crippen molar-refractivity contribution < 1.29 is 4.79 Å². The number of nitrogens with zero attached hydrogens (tertiary/aromatic N) is 2. The van der Waals surface area contributed by atoms with Gasteiger partial charge in [0.15, 0.2) is 0 Å². The number of benzene rings is 2. The van der Waals surface area contributed by atoms with Crippen molar-refractivity contribution in [2.75, 3.05) is 5.32 Å². The van der Waals surface area contributed by atoms with Gasteiger partial charge in [-0.3, -0.25) is 14.2 Å². The summed E-state index contributed by atoms with van der Waals surface area (Å²) in [4.78, 5) is 29.6. The van der Waals surface area contributed by atoms with E-state index < -0.39 is 0 Å². The van der Waals surface area contributed by atoms with Crippen molar-refractivity contribution in [3.8, 4) is 0 Å². The minimum Gasteiger partial charge on any atom is -0.322 e. The van der Waals surface area contributed by atoms with E-state index in [1.165, 1.54) is 6.08 Å². The molecule has 0 spiro atoms. The predicted molar refractivity (Wildman–Crippen MR) is 108 cm³/mol. The fourth-order valence-electron chi connectivity index (χ4n) is 3.28. The Morgan fingerprint density at radius 3 is 2.89 bits per heavy atom. The van der Waals surface area contributed by atoms with Crippen molar-refractivity contribution in [2.45, 2.75) is 25.8 Å². The van der Waals surface area contributed by atoms with E-state index in [4.69, 9.17) is 11.6 Å². The van der Waals surface area contributed by atoms with Crippen LogP contribution in [0.5, 0.6) is 0 Å². The van der Waals surface area contributed by atoms with E-state index in [0.717, 1.165) is 30.7 Å². The maximum Gasteiger partial charge on any atom is 0.261 e. The summed E-state index contributed by atoms with van der Waals surface area (Å²) in [5, 5.41) is 3.89. The number of rotatable bonds is 3. The first kappa shape index (κ1) is 17.5. The van der Waals surface area contributed by atoms with Gasteiger partial charge in [-0.05, 0) is 48.7 Å². The Kier molecular flexibility index (Phi) is 4.77. The number of amides is 1. The first-order chi connectivity index (χ1) is 13.1. The number of carbonyl (C=O) groups excluding carboxylic acids is 1. The third-order valence-electron chi connectivity index (χ3n) is 4.65. The predicted octanol–water partition coefficient (Wildman–Crippen LogP) is 4.04. The van der Waals surface area contributed by atoms with Crippen LogP contribution in [0.25, 0.3) is 17.0 Å². The highest BCUT2D eigenvalue weighted by Crippen LogP contribution is 2.19. The number of aryl methyl sites for hydroxylation is 1. The molecule has 0 fully saturated rings. The number of halogens is 1. The number of hydrogen-bond donors (Lipinski definition) is 1. The number of aromatic nitrogens is 2. The molecule has 0 atom stereocenters. The Hall–Kier alpha value is -2.92. The SMILES string of the molecule is O=C(C=Cc1ccccc1Cl)Nc1ccc2nc3n(c(=O)c2c1)CCCC3. The molecule has 0 saturated heterocycles. The Morgan fingerprint density at radius 2 is 2.04 bits per heavy atom. The number of fused-ring (bicyclic) bond motifs is 2. The summed E-state index contributed by atoms with van der Waals surface area (Å²) >= 11 is 6.08. The van der Waals surface area contributed by atoms with Crippen molar-refractivity contribution in [3.63, 3.8) is 0 Å². The van der Waals surface area contributed by atoms with Crippen LogP contribution in [-0.4, -0.2) is 15.5 Å². The molecular formula is C21H18ClN3O2. The van der Waals surface area contributed by atoms with Gasteiger partial charge in [-0.1, -0.05) is 29.8 Å². The second-order valence-electron chi connectivity index (χ2n) is 6.52. The smallest absolute Gasteiger partial charge is 0.261 e. The molecule has 0 bridgehead atoms. The van der Waals surface area contributed by atoms with Gasteiger partial charge in [-0.25, -0.2) is 4.98 Å². The van der Waals surface area contributed by atoms with Crippen molar-refractivity contribution in [1.29, 1.82) is 0 Å². The summed E-state index contributed by atoms with van der Waals surface area (Å²) in [6, 6.07) is 12.5. The van der Waals surface area contributed by atoms with Gasteiger partial charge >= 0.3 is 0 Å². The maximum atomic E-state index is 12.7. The Bertz CT molecular complexity index is 1120. The molecule has 136 valence electrons. The van der Waals surface area contributed by atoms with Gasteiger partial charge in [0.25, 0.3) is 5.56 Å². The van der Waals surface area contributed by atoms with Crippen LogP contribution in [0.15, 0.2) is 53.3 Å². The van der Waals surface area contributed by atoms with Crippen LogP contribution >= 0.6 is 11.6 Å². The summed E-state index contributed by atoms with van der Waals surface area (Å²) in [6.45, 7) is 0.703. The average molecular weight is 380 g/mol. The first-order valence-corrected chi connectivity index (χ1v) is 9.27. The van der Waals surface area contributed by atoms with E-state index in [-0.39, 0.29) is 11.5 Å². The van der Waals surface area contributed by atoms with Crippen LogP contribution < -0.4 is 10.9 Å². The zero-order valence-corrected chi connectivity index (χ0v) is 15.4. The quantitative estimate of drug-likeness (QED) is 0.698. The molecule has 2 aromatic carbocycles. The Labute approximate surface area is 161 Å². The van der Waals surface area contributed by atoms with Crippen LogP contribution in [0.4, 0.5) is 5.69 Å². The molecule has 0 unspecified atom stereocenters. The zero-order valence-electron chi connectivity index (χ0n) is 14.6. The number of anilines is 1. The molecule has 5 nitrogen and oxygen atoms in total. The van der Waals surface area contributed by atoms with E-state index in [0.29, 0.717) is 28.2 Å². The topological polar surface area (TPSA) is 64.0 Å². The molecule has 3 aromatic rings. The summed E-state index contributed by atoms with van der Waals surface area (Å²) in [7, 11) is 0. The molecule has 1 aromatic heterocycles. The summed E-state index contributed by atoms with van der Waals surface area (Å²) in [5.74, 6) is 0.554. The maximum absolute atomic E-state index is 12.7. The lowest BCUT2D eigenvalue weighted by Gasteiger charge is -2.17. The summed E-state index contributed by atoms with van der Waals surface area (Å²) < 4.78 is 1.74. The van der Waals surface area contributed by atoms with Gasteiger partial charge in [0, 0.05) is 29.8 Å². The number of carbonyl (C=O) groups is 1. The van der Waals surface area contributed by atoms with Crippen LogP contribution in [0.1, 0.15) is 24.2 Å². The lowest BCUT2D eigenvalue weighted by Crippen LogP contribution is -2.28. The third-order valence-corrected chi connectivity index (χ3v) is 5.00. The molecule has 1 N–H and O–H groups in total. The molecule has 1 aliphatic heterocycles. The zero-order chi connectivity index (χ0) is 18.8. The van der Waals surface area contributed by atoms with Crippen molar-refractivity contribution >= 4 is 40.2 Å². The molecule has 1 aliphatic rings. The van der Waals surface area contributed by atoms with Crippen LogP contribution in [0.3, 0.4) is 0 Å². The van der Waals surface area contributed by atoms with Crippen LogP contribution in [0.2, 0.25) is 5.02 Å². The van der Waals surface area contributed by atoms with Gasteiger partial charge < -0.3 is 5.32 Å². The third kappa shape index (κ3) is 3.64. The van der Waals surface area contributed by atoms with E-state index in [1.807, 2.05) is 18.2 Å². The highest BCUT2D eigenvalue weighted by atomic mass is 35.5. The van der Waals surface area contributed by atoms with Gasteiger partial charge in [0.05, 0.1) is 10.9 Å². The standard InChI is InChI=1S/C21H18ClN3O2/c22-17-6-2-1-5-14(17)8-11-20(26)23-15-9-10-18-16(13-15)21(27)25-12-4-3-7-19(25)24-18/h1-2,5-6,8-11,13H,3-4,7,12H2,(H,23,26). The number of hydrogen-bond acceptors (Lipinski definition) is 3. The van der Waals surface area contributed by atoms with Crippen LogP contribution in [0, 0.1) is 0 Å². The normalized spacial score (nSPS) is 13.7. The molecule has 6 heteroatoms. The molecule has 27 heavy (non-hydrogen) atoms.